The van der Waals surface area contributed by atoms with Gasteiger partial charge in [-0.25, -0.2) is 0 Å². The molecule has 0 aromatic heterocycles. The van der Waals surface area contributed by atoms with Crippen LogP contribution < -0.4 is 0 Å². The minimum Gasteiger partial charge on any atom is -0.310 e. The summed E-state index contributed by atoms with van der Waals surface area (Å²) in [5.41, 5.74) is 3.66. The van der Waals surface area contributed by atoms with Gasteiger partial charge in [-0.3, -0.25) is 0 Å². The summed E-state index contributed by atoms with van der Waals surface area (Å²) < 4.78 is 0. The van der Waals surface area contributed by atoms with E-state index < -0.39 is 0 Å². The number of benzene rings is 1. The Labute approximate surface area is 85.7 Å². The number of rotatable bonds is 3. The lowest BCUT2D eigenvalue weighted by atomic mass is 10.0. The minimum absolute atomic E-state index is 0.530. The van der Waals surface area contributed by atoms with Crippen molar-refractivity contribution in [3.8, 4) is 0 Å². The van der Waals surface area contributed by atoms with Gasteiger partial charge in [-0.15, -0.1) is 0 Å². The molecule has 1 N–H and O–H groups in total. The van der Waals surface area contributed by atoms with E-state index >= 15 is 0 Å². The third-order valence-corrected chi connectivity index (χ3v) is 3.16. The molecular weight excluding hydrogens is 170 g/mol. The van der Waals surface area contributed by atoms with Crippen molar-refractivity contribution in [3.05, 3.63) is 35.4 Å². The second-order valence-electron chi connectivity index (χ2n) is 4.23. The molecule has 0 heterocycles. The smallest absolute Gasteiger partial charge is 0.00954 e. The second kappa shape index (κ2) is 3.56. The summed E-state index contributed by atoms with van der Waals surface area (Å²) >= 11 is 0. The molecule has 0 aliphatic heterocycles. The molecule has 1 nitrogen and oxygen atoms in total. The molecule has 1 aromatic carbocycles. The van der Waals surface area contributed by atoms with E-state index in [1.165, 1.54) is 17.5 Å². The van der Waals surface area contributed by atoms with Crippen molar-refractivity contribution in [2.24, 2.45) is 5.92 Å². The van der Waals surface area contributed by atoms with Crippen LogP contribution in [0.25, 0.3) is 0 Å². The predicted octanol–water partition coefficient (Wildman–Crippen LogP) is 3.39. The summed E-state index contributed by atoms with van der Waals surface area (Å²) in [6.45, 7) is 4.10. The van der Waals surface area contributed by atoms with Crippen LogP contribution in [0.3, 0.4) is 0 Å². The van der Waals surface area contributed by atoms with Crippen LogP contribution in [0.15, 0.2) is 24.3 Å². The molecule has 14 heavy (non-hydrogen) atoms. The third kappa shape index (κ3) is 1.72. The SMILES string of the molecule is CCc1ccc(C2CC2C(C)=N)cc1. The van der Waals surface area contributed by atoms with Gasteiger partial charge in [-0.2, -0.15) is 0 Å². The maximum absolute atomic E-state index is 7.57. The quantitative estimate of drug-likeness (QED) is 0.701. The van der Waals surface area contributed by atoms with Crippen LogP contribution in [0.4, 0.5) is 0 Å². The molecule has 2 unspecified atom stereocenters. The van der Waals surface area contributed by atoms with Gasteiger partial charge in [0.05, 0.1) is 0 Å². The van der Waals surface area contributed by atoms with E-state index in [1.54, 1.807) is 0 Å². The first-order valence-corrected chi connectivity index (χ1v) is 5.36. The van der Waals surface area contributed by atoms with Gasteiger partial charge in [0, 0.05) is 11.6 Å². The molecule has 1 heteroatoms. The standard InChI is InChI=1S/C13H17N/c1-3-10-4-6-11(7-5-10)13-8-12(13)9(2)14/h4-7,12-14H,3,8H2,1-2H3. The van der Waals surface area contributed by atoms with Crippen LogP contribution in [0, 0.1) is 11.3 Å². The predicted molar refractivity (Wildman–Crippen MR) is 60.1 cm³/mol. The van der Waals surface area contributed by atoms with Gasteiger partial charge >= 0.3 is 0 Å². The van der Waals surface area contributed by atoms with Gasteiger partial charge in [0.15, 0.2) is 0 Å². The topological polar surface area (TPSA) is 23.9 Å². The fraction of sp³-hybridized carbons (Fsp3) is 0.462. The van der Waals surface area contributed by atoms with E-state index in [4.69, 9.17) is 5.41 Å². The van der Waals surface area contributed by atoms with Crippen LogP contribution in [0.1, 0.15) is 37.3 Å². The molecule has 0 saturated heterocycles. The largest absolute Gasteiger partial charge is 0.310 e. The van der Waals surface area contributed by atoms with Gasteiger partial charge in [-0.1, -0.05) is 31.2 Å². The van der Waals surface area contributed by atoms with Gasteiger partial charge in [0.1, 0.15) is 0 Å². The fourth-order valence-electron chi connectivity index (χ4n) is 2.04. The van der Waals surface area contributed by atoms with Crippen molar-refractivity contribution in [1.29, 1.82) is 5.41 Å². The highest BCUT2D eigenvalue weighted by atomic mass is 14.5. The Kier molecular flexibility index (Phi) is 2.40. The second-order valence-corrected chi connectivity index (χ2v) is 4.23. The Morgan fingerprint density at radius 1 is 1.36 bits per heavy atom. The molecular formula is C13H17N. The highest BCUT2D eigenvalue weighted by molar-refractivity contribution is 5.85. The van der Waals surface area contributed by atoms with Crippen LogP contribution in [-0.2, 0) is 6.42 Å². The first-order chi connectivity index (χ1) is 6.72. The lowest BCUT2D eigenvalue weighted by Crippen LogP contribution is -1.93. The van der Waals surface area contributed by atoms with Crippen molar-refractivity contribution >= 4 is 5.71 Å². The fourth-order valence-corrected chi connectivity index (χ4v) is 2.04. The normalized spacial score (nSPS) is 24.7. The molecule has 0 amide bonds. The molecule has 0 radical (unpaired) electrons. The summed E-state index contributed by atoms with van der Waals surface area (Å²) in [6, 6.07) is 8.88. The minimum atomic E-state index is 0.530. The van der Waals surface area contributed by atoms with Crippen LogP contribution in [0.2, 0.25) is 0 Å². The first-order valence-electron chi connectivity index (χ1n) is 5.36. The third-order valence-electron chi connectivity index (χ3n) is 3.16. The van der Waals surface area contributed by atoms with Crippen molar-refractivity contribution in [2.75, 3.05) is 0 Å². The summed E-state index contributed by atoms with van der Waals surface area (Å²) in [5, 5.41) is 7.57. The monoisotopic (exact) mass is 187 g/mol. The Balaban J connectivity index is 2.08. The molecule has 2 atom stereocenters. The Bertz CT molecular complexity index is 337. The highest BCUT2D eigenvalue weighted by Gasteiger charge is 2.39. The molecule has 0 bridgehead atoms. The average molecular weight is 187 g/mol. The molecule has 1 aliphatic carbocycles. The molecule has 0 spiro atoms. The summed E-state index contributed by atoms with van der Waals surface area (Å²) in [7, 11) is 0. The number of aryl methyl sites for hydroxylation is 1. The molecule has 1 saturated carbocycles. The van der Waals surface area contributed by atoms with Gasteiger partial charge in [0.25, 0.3) is 0 Å². The summed E-state index contributed by atoms with van der Waals surface area (Å²) in [4.78, 5) is 0. The lowest BCUT2D eigenvalue weighted by Gasteiger charge is -2.01. The maximum atomic E-state index is 7.57. The van der Waals surface area contributed by atoms with Crippen LogP contribution in [-0.4, -0.2) is 5.71 Å². The average Bonchev–Trinajstić information content (AvgIpc) is 2.97. The van der Waals surface area contributed by atoms with Crippen LogP contribution >= 0.6 is 0 Å². The van der Waals surface area contributed by atoms with Gasteiger partial charge in [0.2, 0.25) is 0 Å². The van der Waals surface area contributed by atoms with E-state index in [0.717, 1.165) is 12.1 Å². The molecule has 1 aliphatic rings. The molecule has 74 valence electrons. The van der Waals surface area contributed by atoms with Crippen molar-refractivity contribution in [2.45, 2.75) is 32.6 Å². The van der Waals surface area contributed by atoms with Crippen molar-refractivity contribution < 1.29 is 0 Å². The zero-order chi connectivity index (χ0) is 10.1. The lowest BCUT2D eigenvalue weighted by molar-refractivity contribution is 1.03. The number of hydrogen-bond acceptors (Lipinski definition) is 1. The van der Waals surface area contributed by atoms with E-state index in [-0.39, 0.29) is 0 Å². The van der Waals surface area contributed by atoms with Crippen LogP contribution in [0.5, 0.6) is 0 Å². The van der Waals surface area contributed by atoms with E-state index in [0.29, 0.717) is 11.8 Å². The van der Waals surface area contributed by atoms with E-state index in [9.17, 15) is 0 Å². The van der Waals surface area contributed by atoms with Crippen molar-refractivity contribution in [3.63, 3.8) is 0 Å². The summed E-state index contributed by atoms with van der Waals surface area (Å²) in [5.74, 6) is 1.17. The van der Waals surface area contributed by atoms with Gasteiger partial charge in [-0.05, 0) is 36.8 Å². The Hall–Kier alpha value is -1.11. The maximum Gasteiger partial charge on any atom is 0.00954 e. The number of hydrogen-bond donors (Lipinski definition) is 1. The zero-order valence-electron chi connectivity index (χ0n) is 8.88. The summed E-state index contributed by atoms with van der Waals surface area (Å²) in [6.07, 6.45) is 2.29. The Morgan fingerprint density at radius 3 is 2.43 bits per heavy atom. The number of nitrogens with one attached hydrogen (secondary N) is 1. The zero-order valence-corrected chi connectivity index (χ0v) is 8.88. The molecule has 1 aromatic rings. The Morgan fingerprint density at radius 2 is 2.00 bits per heavy atom. The highest BCUT2D eigenvalue weighted by Crippen LogP contribution is 2.47. The molecule has 2 rings (SSSR count). The van der Waals surface area contributed by atoms with Crippen molar-refractivity contribution in [1.82, 2.24) is 0 Å². The first kappa shape index (κ1) is 9.45. The van der Waals surface area contributed by atoms with E-state index in [1.807, 2.05) is 6.92 Å². The van der Waals surface area contributed by atoms with Gasteiger partial charge < -0.3 is 5.41 Å². The molecule has 1 fully saturated rings. The van der Waals surface area contributed by atoms with E-state index in [2.05, 4.69) is 31.2 Å².